The van der Waals surface area contributed by atoms with E-state index in [1.54, 1.807) is 0 Å². The van der Waals surface area contributed by atoms with E-state index in [1.807, 2.05) is 6.07 Å². The third kappa shape index (κ3) is 2.87. The number of nitrogens with zero attached hydrogens (tertiary/aromatic N) is 1. The molecule has 0 unspecified atom stereocenters. The molecule has 1 aromatic carbocycles. The molecule has 0 radical (unpaired) electrons. The summed E-state index contributed by atoms with van der Waals surface area (Å²) in [7, 11) is 0. The van der Waals surface area contributed by atoms with Gasteiger partial charge >= 0.3 is 0 Å². The highest BCUT2D eigenvalue weighted by atomic mass is 16.5. The van der Waals surface area contributed by atoms with Gasteiger partial charge in [0, 0.05) is 31.2 Å². The fourth-order valence-corrected chi connectivity index (χ4v) is 2.33. The van der Waals surface area contributed by atoms with Crippen LogP contribution in [0.25, 0.3) is 0 Å². The Balaban J connectivity index is 2.06. The highest BCUT2D eigenvalue weighted by Gasteiger charge is 2.22. The van der Waals surface area contributed by atoms with Crippen molar-refractivity contribution in [3.63, 3.8) is 0 Å². The lowest BCUT2D eigenvalue weighted by molar-refractivity contribution is 0.153. The number of rotatable bonds is 3. The molecule has 0 spiro atoms. The molecule has 1 aromatic rings. The van der Waals surface area contributed by atoms with E-state index in [9.17, 15) is 0 Å². The molecule has 0 aliphatic carbocycles. The first-order valence-electron chi connectivity index (χ1n) is 6.07. The van der Waals surface area contributed by atoms with Gasteiger partial charge in [0.05, 0.1) is 0 Å². The molecule has 17 heavy (non-hydrogen) atoms. The Labute approximate surface area is 103 Å². The fraction of sp³-hybridized carbons (Fsp3) is 0.429. The van der Waals surface area contributed by atoms with Crippen molar-refractivity contribution in [3.05, 3.63) is 47.2 Å². The van der Waals surface area contributed by atoms with Crippen LogP contribution in [0.3, 0.4) is 0 Å². The van der Waals surface area contributed by atoms with Crippen molar-refractivity contribution in [2.75, 3.05) is 6.54 Å². The second-order valence-electron chi connectivity index (χ2n) is 4.81. The van der Waals surface area contributed by atoms with E-state index in [0.29, 0.717) is 6.04 Å². The van der Waals surface area contributed by atoms with E-state index >= 15 is 0 Å². The van der Waals surface area contributed by atoms with Crippen LogP contribution in [0.2, 0.25) is 0 Å². The van der Waals surface area contributed by atoms with Crippen LogP contribution in [0.5, 0.6) is 0 Å². The standard InChI is InChI=1S/C14H20N2O/c1-11-9-16(12(2)8-14(11)15-17)10-13-6-4-3-5-7-13/h3-7,12,15,17H,8-10H2,1-2H3/t12-/m0/s1. The SMILES string of the molecule is CC1=C(NO)C[C@H](C)N(Cc2ccccc2)C1. The lowest BCUT2D eigenvalue weighted by Crippen LogP contribution is -2.39. The Morgan fingerprint density at radius 3 is 2.71 bits per heavy atom. The number of nitrogens with one attached hydrogen (secondary N) is 1. The summed E-state index contributed by atoms with van der Waals surface area (Å²) in [6, 6.07) is 11.0. The minimum absolute atomic E-state index is 0.452. The van der Waals surface area contributed by atoms with Crippen molar-refractivity contribution in [2.24, 2.45) is 0 Å². The molecule has 0 saturated carbocycles. The lowest BCUT2D eigenvalue weighted by Gasteiger charge is -2.35. The highest BCUT2D eigenvalue weighted by Crippen LogP contribution is 2.22. The van der Waals surface area contributed by atoms with Crippen molar-refractivity contribution in [1.82, 2.24) is 10.4 Å². The van der Waals surface area contributed by atoms with Gasteiger partial charge in [0.25, 0.3) is 0 Å². The zero-order valence-corrected chi connectivity index (χ0v) is 10.5. The summed E-state index contributed by atoms with van der Waals surface area (Å²) in [4.78, 5) is 2.44. The minimum atomic E-state index is 0.452. The summed E-state index contributed by atoms with van der Waals surface area (Å²) in [5.74, 6) is 0. The van der Waals surface area contributed by atoms with Crippen LogP contribution >= 0.6 is 0 Å². The van der Waals surface area contributed by atoms with Gasteiger partial charge in [0.1, 0.15) is 0 Å². The summed E-state index contributed by atoms with van der Waals surface area (Å²) in [6.07, 6.45) is 0.884. The molecule has 0 bridgehead atoms. The van der Waals surface area contributed by atoms with Gasteiger partial charge in [0.2, 0.25) is 0 Å². The van der Waals surface area contributed by atoms with Crippen molar-refractivity contribution in [1.29, 1.82) is 0 Å². The quantitative estimate of drug-likeness (QED) is 0.786. The molecule has 0 fully saturated rings. The van der Waals surface area contributed by atoms with Crippen LogP contribution < -0.4 is 5.48 Å². The zero-order chi connectivity index (χ0) is 12.3. The first-order chi connectivity index (χ1) is 8.20. The monoisotopic (exact) mass is 232 g/mol. The maximum Gasteiger partial charge on any atom is 0.0393 e. The molecule has 1 aliphatic heterocycles. The maximum absolute atomic E-state index is 9.03. The molecular weight excluding hydrogens is 212 g/mol. The van der Waals surface area contributed by atoms with Crippen LogP contribution in [0.15, 0.2) is 41.6 Å². The van der Waals surface area contributed by atoms with Gasteiger partial charge in [0.15, 0.2) is 0 Å². The van der Waals surface area contributed by atoms with Gasteiger partial charge in [-0.1, -0.05) is 30.3 Å². The molecule has 3 heteroatoms. The van der Waals surface area contributed by atoms with Crippen LogP contribution in [0.1, 0.15) is 25.8 Å². The molecule has 0 saturated heterocycles. The van der Waals surface area contributed by atoms with Crippen LogP contribution in [-0.4, -0.2) is 22.7 Å². The van der Waals surface area contributed by atoms with E-state index in [0.717, 1.165) is 25.2 Å². The third-order valence-electron chi connectivity index (χ3n) is 3.44. The van der Waals surface area contributed by atoms with Crippen molar-refractivity contribution in [2.45, 2.75) is 32.9 Å². The average molecular weight is 232 g/mol. The van der Waals surface area contributed by atoms with Gasteiger partial charge in [-0.2, -0.15) is 0 Å². The number of benzene rings is 1. The third-order valence-corrected chi connectivity index (χ3v) is 3.44. The normalized spacial score (nSPS) is 21.7. The number of hydrogen-bond donors (Lipinski definition) is 2. The molecule has 2 rings (SSSR count). The predicted octanol–water partition coefficient (Wildman–Crippen LogP) is 2.53. The van der Waals surface area contributed by atoms with Gasteiger partial charge in [-0.05, 0) is 25.0 Å². The molecular formula is C14H20N2O. The summed E-state index contributed by atoms with van der Waals surface area (Å²) < 4.78 is 0. The Kier molecular flexibility index (Phi) is 3.82. The van der Waals surface area contributed by atoms with Gasteiger partial charge < -0.3 is 0 Å². The second-order valence-corrected chi connectivity index (χ2v) is 4.81. The Hall–Kier alpha value is -1.32. The largest absolute Gasteiger partial charge is 0.292 e. The molecule has 1 aliphatic rings. The molecule has 1 atom stereocenters. The minimum Gasteiger partial charge on any atom is -0.292 e. The van der Waals surface area contributed by atoms with Gasteiger partial charge in [-0.25, -0.2) is 0 Å². The van der Waals surface area contributed by atoms with Gasteiger partial charge in [-0.15, -0.1) is 0 Å². The Morgan fingerprint density at radius 1 is 1.35 bits per heavy atom. The molecule has 0 amide bonds. The first-order valence-corrected chi connectivity index (χ1v) is 6.07. The smallest absolute Gasteiger partial charge is 0.0393 e. The second kappa shape index (κ2) is 5.34. The molecule has 92 valence electrons. The van der Waals surface area contributed by atoms with E-state index in [1.165, 1.54) is 11.1 Å². The topological polar surface area (TPSA) is 35.5 Å². The maximum atomic E-state index is 9.03. The first kappa shape index (κ1) is 12.1. The molecule has 0 aromatic heterocycles. The summed E-state index contributed by atoms with van der Waals surface area (Å²) in [5.41, 5.74) is 5.86. The highest BCUT2D eigenvalue weighted by molar-refractivity contribution is 5.19. The van der Waals surface area contributed by atoms with Crippen LogP contribution in [0.4, 0.5) is 0 Å². The number of hydroxylamine groups is 1. The van der Waals surface area contributed by atoms with Crippen LogP contribution in [0, 0.1) is 0 Å². The van der Waals surface area contributed by atoms with Crippen molar-refractivity contribution >= 4 is 0 Å². The van der Waals surface area contributed by atoms with E-state index in [-0.39, 0.29) is 0 Å². The van der Waals surface area contributed by atoms with E-state index < -0.39 is 0 Å². The zero-order valence-electron chi connectivity index (χ0n) is 10.5. The van der Waals surface area contributed by atoms with Crippen molar-refractivity contribution in [3.8, 4) is 0 Å². The summed E-state index contributed by atoms with van der Waals surface area (Å²) in [5, 5.41) is 9.03. The summed E-state index contributed by atoms with van der Waals surface area (Å²) >= 11 is 0. The Bertz CT molecular complexity index is 400. The molecule has 2 N–H and O–H groups in total. The summed E-state index contributed by atoms with van der Waals surface area (Å²) in [6.45, 7) is 6.16. The molecule has 3 nitrogen and oxygen atoms in total. The fourth-order valence-electron chi connectivity index (χ4n) is 2.33. The van der Waals surface area contributed by atoms with Gasteiger partial charge in [-0.3, -0.25) is 15.6 Å². The predicted molar refractivity (Wildman–Crippen MR) is 68.6 cm³/mol. The van der Waals surface area contributed by atoms with Crippen LogP contribution in [-0.2, 0) is 6.54 Å². The lowest BCUT2D eigenvalue weighted by atomic mass is 10.0. The average Bonchev–Trinajstić information content (AvgIpc) is 2.34. The van der Waals surface area contributed by atoms with E-state index in [2.05, 4.69) is 48.5 Å². The Morgan fingerprint density at radius 2 is 2.06 bits per heavy atom. The number of hydrogen-bond acceptors (Lipinski definition) is 3. The molecule has 1 heterocycles. The van der Waals surface area contributed by atoms with E-state index in [4.69, 9.17) is 5.21 Å². The van der Waals surface area contributed by atoms with Crippen molar-refractivity contribution < 1.29 is 5.21 Å².